The van der Waals surface area contributed by atoms with E-state index in [9.17, 15) is 0 Å². The molecule has 6 heteroatoms. The highest BCUT2D eigenvalue weighted by Crippen LogP contribution is 2.29. The third-order valence-electron chi connectivity index (χ3n) is 3.22. The smallest absolute Gasteiger partial charge is 0.222 e. The monoisotopic (exact) mass is 344 g/mol. The molecule has 1 heterocycles. The van der Waals surface area contributed by atoms with Crippen LogP contribution in [0.2, 0.25) is 10.0 Å². The van der Waals surface area contributed by atoms with Crippen LogP contribution in [0, 0.1) is 6.92 Å². The predicted molar refractivity (Wildman–Crippen MR) is 96.4 cm³/mol. The van der Waals surface area contributed by atoms with Gasteiger partial charge < -0.3 is 11.1 Å². The number of nitrogens with zero attached hydrogens (tertiary/aromatic N) is 2. The minimum atomic E-state index is 0.229. The summed E-state index contributed by atoms with van der Waals surface area (Å²) in [4.78, 5) is 8.22. The fraction of sp³-hybridized carbons (Fsp3) is 0.0588. The molecule has 0 aliphatic carbocycles. The summed E-state index contributed by atoms with van der Waals surface area (Å²) < 4.78 is 0. The Hall–Kier alpha value is -2.30. The molecule has 0 amide bonds. The molecule has 2 aromatic carbocycles. The van der Waals surface area contributed by atoms with Crippen LogP contribution in [0.4, 0.5) is 17.5 Å². The summed E-state index contributed by atoms with van der Waals surface area (Å²) in [6, 6.07) is 15.1. The number of hydrogen-bond acceptors (Lipinski definition) is 4. The maximum atomic E-state index is 6.24. The number of hydrogen-bond donors (Lipinski definition) is 2. The van der Waals surface area contributed by atoms with E-state index >= 15 is 0 Å². The molecule has 3 rings (SSSR count). The maximum absolute atomic E-state index is 6.24. The largest absolute Gasteiger partial charge is 0.368 e. The standard InChI is InChI=1S/C17H14Cl2N4/c1-10-6-16(23-17(20)21-10)22-15-8-12(7-14(19)9-15)11-2-4-13(18)5-3-11/h2-9H,1H3,(H3,20,21,22,23). The van der Waals surface area contributed by atoms with E-state index in [1.807, 2.05) is 55.5 Å². The number of benzene rings is 2. The molecule has 3 N–H and O–H groups in total. The van der Waals surface area contributed by atoms with Crippen molar-refractivity contribution in [2.24, 2.45) is 0 Å². The molecule has 23 heavy (non-hydrogen) atoms. The summed E-state index contributed by atoms with van der Waals surface area (Å²) in [6.07, 6.45) is 0. The van der Waals surface area contributed by atoms with Gasteiger partial charge in [-0.25, -0.2) is 4.98 Å². The molecule has 3 aromatic rings. The molecule has 116 valence electrons. The van der Waals surface area contributed by atoms with E-state index in [0.717, 1.165) is 22.5 Å². The fourth-order valence-electron chi connectivity index (χ4n) is 2.27. The second kappa shape index (κ2) is 6.44. The predicted octanol–water partition coefficient (Wildman–Crippen LogP) is 5.08. The molecule has 0 saturated heterocycles. The SMILES string of the molecule is Cc1cc(Nc2cc(Cl)cc(-c3ccc(Cl)cc3)c2)nc(N)n1. The highest BCUT2D eigenvalue weighted by molar-refractivity contribution is 6.31. The van der Waals surface area contributed by atoms with Crippen LogP contribution >= 0.6 is 23.2 Å². The molecule has 0 fully saturated rings. The van der Waals surface area contributed by atoms with E-state index < -0.39 is 0 Å². The number of anilines is 3. The Morgan fingerprint density at radius 3 is 2.30 bits per heavy atom. The fourth-order valence-corrected chi connectivity index (χ4v) is 2.64. The Morgan fingerprint density at radius 2 is 1.61 bits per heavy atom. The van der Waals surface area contributed by atoms with Crippen molar-refractivity contribution in [3.05, 3.63) is 64.3 Å². The minimum absolute atomic E-state index is 0.229. The molecular formula is C17H14Cl2N4. The topological polar surface area (TPSA) is 63.8 Å². The summed E-state index contributed by atoms with van der Waals surface area (Å²) in [7, 11) is 0. The van der Waals surface area contributed by atoms with Crippen LogP contribution in [0.15, 0.2) is 48.5 Å². The van der Waals surface area contributed by atoms with E-state index in [0.29, 0.717) is 15.9 Å². The zero-order chi connectivity index (χ0) is 16.4. The number of aryl methyl sites for hydroxylation is 1. The zero-order valence-electron chi connectivity index (χ0n) is 12.3. The summed E-state index contributed by atoms with van der Waals surface area (Å²) in [6.45, 7) is 1.86. The molecule has 0 aliphatic rings. The summed E-state index contributed by atoms with van der Waals surface area (Å²) in [5.41, 5.74) is 9.30. The third-order valence-corrected chi connectivity index (χ3v) is 3.69. The molecule has 4 nitrogen and oxygen atoms in total. The van der Waals surface area contributed by atoms with Gasteiger partial charge in [0.15, 0.2) is 0 Å². The van der Waals surface area contributed by atoms with E-state index in [1.165, 1.54) is 0 Å². The van der Waals surface area contributed by atoms with Gasteiger partial charge >= 0.3 is 0 Å². The lowest BCUT2D eigenvalue weighted by Gasteiger charge is -2.10. The van der Waals surface area contributed by atoms with Crippen LogP contribution in [0.1, 0.15) is 5.69 Å². The van der Waals surface area contributed by atoms with Gasteiger partial charge in [0.1, 0.15) is 5.82 Å². The first-order valence-corrected chi connectivity index (χ1v) is 7.70. The van der Waals surface area contributed by atoms with Crippen molar-refractivity contribution >= 4 is 40.7 Å². The number of halogens is 2. The lowest BCUT2D eigenvalue weighted by atomic mass is 10.1. The van der Waals surface area contributed by atoms with Crippen molar-refractivity contribution in [3.63, 3.8) is 0 Å². The van der Waals surface area contributed by atoms with Gasteiger partial charge in [-0.1, -0.05) is 35.3 Å². The normalized spacial score (nSPS) is 10.6. The third kappa shape index (κ3) is 3.92. The van der Waals surface area contributed by atoms with Gasteiger partial charge in [0.25, 0.3) is 0 Å². The Labute approximate surface area is 144 Å². The molecule has 0 spiro atoms. The Kier molecular flexibility index (Phi) is 4.37. The van der Waals surface area contributed by atoms with Crippen molar-refractivity contribution in [2.45, 2.75) is 6.92 Å². The van der Waals surface area contributed by atoms with Crippen LogP contribution in [-0.2, 0) is 0 Å². The van der Waals surface area contributed by atoms with Gasteiger partial charge in [-0.3, -0.25) is 0 Å². The number of nitrogens with one attached hydrogen (secondary N) is 1. The van der Waals surface area contributed by atoms with E-state index in [1.54, 1.807) is 0 Å². The molecule has 0 saturated carbocycles. The lowest BCUT2D eigenvalue weighted by molar-refractivity contribution is 1.12. The average Bonchev–Trinajstić information content (AvgIpc) is 2.46. The van der Waals surface area contributed by atoms with Gasteiger partial charge in [0, 0.05) is 27.5 Å². The summed E-state index contributed by atoms with van der Waals surface area (Å²) in [5.74, 6) is 0.853. The minimum Gasteiger partial charge on any atom is -0.368 e. The van der Waals surface area contributed by atoms with Crippen molar-refractivity contribution in [1.82, 2.24) is 9.97 Å². The van der Waals surface area contributed by atoms with Crippen LogP contribution in [-0.4, -0.2) is 9.97 Å². The molecule has 0 radical (unpaired) electrons. The van der Waals surface area contributed by atoms with Gasteiger partial charge in [0.05, 0.1) is 0 Å². The average molecular weight is 345 g/mol. The van der Waals surface area contributed by atoms with Gasteiger partial charge in [-0.15, -0.1) is 0 Å². The summed E-state index contributed by atoms with van der Waals surface area (Å²) in [5, 5.41) is 4.53. The van der Waals surface area contributed by atoms with E-state index in [4.69, 9.17) is 28.9 Å². The van der Waals surface area contributed by atoms with Crippen molar-refractivity contribution < 1.29 is 0 Å². The Bertz CT molecular complexity index is 827. The first-order chi connectivity index (χ1) is 11.0. The number of aromatic nitrogens is 2. The quantitative estimate of drug-likeness (QED) is 0.694. The Morgan fingerprint density at radius 1 is 0.870 bits per heavy atom. The molecule has 0 atom stereocenters. The van der Waals surface area contributed by atoms with Gasteiger partial charge in [0.2, 0.25) is 5.95 Å². The first-order valence-electron chi connectivity index (χ1n) is 6.94. The maximum Gasteiger partial charge on any atom is 0.222 e. The van der Waals surface area contributed by atoms with Crippen molar-refractivity contribution in [1.29, 1.82) is 0 Å². The summed E-state index contributed by atoms with van der Waals surface area (Å²) >= 11 is 12.2. The van der Waals surface area contributed by atoms with E-state index in [-0.39, 0.29) is 5.95 Å². The Balaban J connectivity index is 1.95. The number of nitrogen functional groups attached to an aromatic ring is 1. The molecule has 0 aliphatic heterocycles. The molecular weight excluding hydrogens is 331 g/mol. The first kappa shape index (κ1) is 15.6. The number of nitrogens with two attached hydrogens (primary N) is 1. The molecule has 0 bridgehead atoms. The van der Waals surface area contributed by atoms with Gasteiger partial charge in [-0.2, -0.15) is 4.98 Å². The van der Waals surface area contributed by atoms with Crippen LogP contribution < -0.4 is 11.1 Å². The molecule has 1 aromatic heterocycles. The highest BCUT2D eigenvalue weighted by Gasteiger charge is 2.05. The highest BCUT2D eigenvalue weighted by atomic mass is 35.5. The van der Waals surface area contributed by atoms with Crippen molar-refractivity contribution in [2.75, 3.05) is 11.1 Å². The van der Waals surface area contributed by atoms with E-state index in [2.05, 4.69) is 15.3 Å². The van der Waals surface area contributed by atoms with Crippen molar-refractivity contribution in [3.8, 4) is 11.1 Å². The lowest BCUT2D eigenvalue weighted by Crippen LogP contribution is -2.01. The van der Waals surface area contributed by atoms with Gasteiger partial charge in [-0.05, 0) is 48.4 Å². The van der Waals surface area contributed by atoms with Crippen LogP contribution in [0.3, 0.4) is 0 Å². The number of rotatable bonds is 3. The molecule has 0 unspecified atom stereocenters. The second-order valence-corrected chi connectivity index (χ2v) is 5.99. The van der Waals surface area contributed by atoms with Crippen LogP contribution in [0.25, 0.3) is 11.1 Å². The second-order valence-electron chi connectivity index (χ2n) is 5.11. The zero-order valence-corrected chi connectivity index (χ0v) is 13.9. The van der Waals surface area contributed by atoms with Crippen LogP contribution in [0.5, 0.6) is 0 Å².